The molecule has 2 heterocycles. The van der Waals surface area contributed by atoms with Crippen LogP contribution in [0.3, 0.4) is 0 Å². The van der Waals surface area contributed by atoms with E-state index >= 15 is 0 Å². The van der Waals surface area contributed by atoms with Crippen LogP contribution in [-0.4, -0.2) is 53.2 Å². The molecular weight excluding hydrogens is 448 g/mol. The molecule has 1 aromatic heterocycles. The maximum Gasteiger partial charge on any atom is 0.224 e. The number of ether oxygens (including phenoxy) is 1. The number of piperidine rings is 1. The Kier molecular flexibility index (Phi) is 7.63. The van der Waals surface area contributed by atoms with Crippen molar-refractivity contribution in [2.45, 2.75) is 50.6 Å². The molecule has 0 bridgehead atoms. The van der Waals surface area contributed by atoms with Gasteiger partial charge in [-0.2, -0.15) is 0 Å². The summed E-state index contributed by atoms with van der Waals surface area (Å²) in [5, 5.41) is 2.43. The second-order valence-electron chi connectivity index (χ2n) is 9.99. The quantitative estimate of drug-likeness (QED) is 0.343. The third-order valence-electron chi connectivity index (χ3n) is 7.30. The molecule has 1 saturated heterocycles. The number of carbonyl (C=O) groups excluding carboxylic acids is 1. The van der Waals surface area contributed by atoms with Crippen LogP contribution < -0.4 is 5.73 Å². The van der Waals surface area contributed by atoms with Gasteiger partial charge >= 0.3 is 0 Å². The van der Waals surface area contributed by atoms with Crippen molar-refractivity contribution in [2.75, 3.05) is 26.8 Å². The summed E-state index contributed by atoms with van der Waals surface area (Å²) in [5.74, 6) is 1.47. The van der Waals surface area contributed by atoms with Crippen LogP contribution in [0.15, 0.2) is 66.7 Å². The van der Waals surface area contributed by atoms with Crippen molar-refractivity contribution >= 4 is 27.7 Å². The minimum absolute atomic E-state index is 0.148. The number of para-hydroxylation sites is 2. The van der Waals surface area contributed by atoms with Gasteiger partial charge in [0.15, 0.2) is 0 Å². The maximum absolute atomic E-state index is 13.3. The molecule has 3 aromatic carbocycles. The number of nitrogens with two attached hydrogens (primary N) is 1. The molecular formula is C30H36N4O2. The van der Waals surface area contributed by atoms with Gasteiger partial charge in [0, 0.05) is 51.7 Å². The largest absolute Gasteiger partial charge is 0.385 e. The third-order valence-corrected chi connectivity index (χ3v) is 7.30. The number of aromatic nitrogens is 2. The molecule has 0 aliphatic carbocycles. The maximum atomic E-state index is 13.3. The van der Waals surface area contributed by atoms with E-state index in [0.29, 0.717) is 19.4 Å². The van der Waals surface area contributed by atoms with Gasteiger partial charge in [-0.15, -0.1) is 0 Å². The van der Waals surface area contributed by atoms with Gasteiger partial charge in [0.1, 0.15) is 5.82 Å². The minimum Gasteiger partial charge on any atom is -0.385 e. The average molecular weight is 485 g/mol. The first kappa shape index (κ1) is 24.5. The van der Waals surface area contributed by atoms with Crippen LogP contribution in [-0.2, 0) is 22.5 Å². The Labute approximate surface area is 213 Å². The molecule has 2 N–H and O–H groups in total. The summed E-state index contributed by atoms with van der Waals surface area (Å²) >= 11 is 0. The first-order chi connectivity index (χ1) is 17.6. The Morgan fingerprint density at radius 3 is 2.78 bits per heavy atom. The van der Waals surface area contributed by atoms with E-state index in [2.05, 4.69) is 53.1 Å². The Bertz CT molecular complexity index is 1330. The van der Waals surface area contributed by atoms with E-state index in [4.69, 9.17) is 15.5 Å². The van der Waals surface area contributed by atoms with E-state index in [0.717, 1.165) is 55.8 Å². The highest BCUT2D eigenvalue weighted by Crippen LogP contribution is 2.30. The molecule has 1 aliphatic rings. The van der Waals surface area contributed by atoms with Crippen LogP contribution in [0.2, 0.25) is 0 Å². The van der Waals surface area contributed by atoms with E-state index in [1.165, 1.54) is 16.3 Å². The summed E-state index contributed by atoms with van der Waals surface area (Å²) in [6, 6.07) is 22.9. The van der Waals surface area contributed by atoms with E-state index in [1.807, 2.05) is 23.1 Å². The number of rotatable bonds is 9. The summed E-state index contributed by atoms with van der Waals surface area (Å²) in [7, 11) is 1.74. The molecule has 1 amide bonds. The normalized spacial score (nSPS) is 17.1. The zero-order chi connectivity index (χ0) is 24.9. The molecule has 5 rings (SSSR count). The highest BCUT2D eigenvalue weighted by Gasteiger charge is 2.29. The number of hydrogen-bond acceptors (Lipinski definition) is 4. The molecule has 6 nitrogen and oxygen atoms in total. The van der Waals surface area contributed by atoms with Crippen molar-refractivity contribution in [3.8, 4) is 0 Å². The number of methoxy groups -OCH3 is 1. The first-order valence-corrected chi connectivity index (χ1v) is 13.1. The van der Waals surface area contributed by atoms with Crippen LogP contribution >= 0.6 is 0 Å². The summed E-state index contributed by atoms with van der Waals surface area (Å²) in [4.78, 5) is 20.3. The number of fused-ring (bicyclic) bond motifs is 2. The minimum atomic E-state index is -0.197. The lowest BCUT2D eigenvalue weighted by atomic mass is 9.95. The Balaban J connectivity index is 1.25. The molecule has 1 aliphatic heterocycles. The third kappa shape index (κ3) is 5.45. The van der Waals surface area contributed by atoms with E-state index in [9.17, 15) is 4.79 Å². The van der Waals surface area contributed by atoms with Crippen LogP contribution in [0.5, 0.6) is 0 Å². The average Bonchev–Trinajstić information content (AvgIpc) is 3.27. The fourth-order valence-electron chi connectivity index (χ4n) is 5.52. The van der Waals surface area contributed by atoms with Gasteiger partial charge in [-0.05, 0) is 54.2 Å². The number of imidazole rings is 1. The first-order valence-electron chi connectivity index (χ1n) is 13.1. The highest BCUT2D eigenvalue weighted by molar-refractivity contribution is 5.83. The lowest BCUT2D eigenvalue weighted by molar-refractivity contribution is -0.132. The molecule has 6 heteroatoms. The van der Waals surface area contributed by atoms with Gasteiger partial charge in [0.2, 0.25) is 5.91 Å². The van der Waals surface area contributed by atoms with E-state index in [1.54, 1.807) is 7.11 Å². The lowest BCUT2D eigenvalue weighted by Crippen LogP contribution is -2.42. The fraction of sp³-hybridized carbons (Fsp3) is 0.400. The van der Waals surface area contributed by atoms with E-state index < -0.39 is 0 Å². The topological polar surface area (TPSA) is 73.4 Å². The van der Waals surface area contributed by atoms with E-state index in [-0.39, 0.29) is 17.9 Å². The zero-order valence-electron chi connectivity index (χ0n) is 21.1. The number of carbonyl (C=O) groups is 1. The monoisotopic (exact) mass is 484 g/mol. The second kappa shape index (κ2) is 11.2. The van der Waals surface area contributed by atoms with Crippen molar-refractivity contribution in [1.82, 2.24) is 14.5 Å². The fourth-order valence-corrected chi connectivity index (χ4v) is 5.52. The SMILES string of the molecule is COCCCn1c(C2CCCN(C(=O)CC(N)Cc3ccc4ccccc4c3)C2)nc2ccccc21. The lowest BCUT2D eigenvalue weighted by Gasteiger charge is -2.33. The number of nitrogens with zero attached hydrogens (tertiary/aromatic N) is 3. The summed E-state index contributed by atoms with van der Waals surface area (Å²) in [6.07, 6.45) is 4.02. The van der Waals surface area contributed by atoms with Crippen molar-refractivity contribution in [2.24, 2.45) is 5.73 Å². The van der Waals surface area contributed by atoms with Crippen LogP contribution in [0.4, 0.5) is 0 Å². The summed E-state index contributed by atoms with van der Waals surface area (Å²) < 4.78 is 7.62. The zero-order valence-corrected chi connectivity index (χ0v) is 21.1. The van der Waals surface area contributed by atoms with Crippen LogP contribution in [0.25, 0.3) is 21.8 Å². The molecule has 1 fully saturated rings. The van der Waals surface area contributed by atoms with Gasteiger partial charge in [0.05, 0.1) is 11.0 Å². The predicted molar refractivity (Wildman–Crippen MR) is 145 cm³/mol. The van der Waals surface area contributed by atoms with Crippen LogP contribution in [0.1, 0.15) is 43.0 Å². The Hall–Kier alpha value is -3.22. The molecule has 0 spiro atoms. The Morgan fingerprint density at radius 1 is 1.11 bits per heavy atom. The summed E-state index contributed by atoms with van der Waals surface area (Å²) in [5.41, 5.74) is 9.82. The standard InChI is InChI=1S/C30H36N4O2/c1-36-17-7-16-34-28-12-5-4-11-27(28)32-30(34)25-10-6-15-33(21-25)29(35)20-26(31)19-22-13-14-23-8-2-3-9-24(23)18-22/h2-5,8-9,11-14,18,25-26H,6-7,10,15-17,19-21,31H2,1H3. The molecule has 0 saturated carbocycles. The molecule has 0 radical (unpaired) electrons. The van der Waals surface area contributed by atoms with Gasteiger partial charge in [0.25, 0.3) is 0 Å². The molecule has 4 aromatic rings. The van der Waals surface area contributed by atoms with Gasteiger partial charge in [-0.1, -0.05) is 54.6 Å². The van der Waals surface area contributed by atoms with Crippen molar-refractivity contribution in [3.05, 3.63) is 78.1 Å². The molecule has 2 unspecified atom stereocenters. The molecule has 36 heavy (non-hydrogen) atoms. The second-order valence-corrected chi connectivity index (χ2v) is 9.99. The van der Waals surface area contributed by atoms with Gasteiger partial charge in [-0.25, -0.2) is 4.98 Å². The van der Waals surface area contributed by atoms with Crippen molar-refractivity contribution in [3.63, 3.8) is 0 Å². The van der Waals surface area contributed by atoms with Gasteiger partial charge in [-0.3, -0.25) is 4.79 Å². The van der Waals surface area contributed by atoms with Crippen molar-refractivity contribution in [1.29, 1.82) is 0 Å². The number of aryl methyl sites for hydroxylation is 1. The Morgan fingerprint density at radius 2 is 1.92 bits per heavy atom. The van der Waals surface area contributed by atoms with Crippen LogP contribution in [0, 0.1) is 0 Å². The summed E-state index contributed by atoms with van der Waals surface area (Å²) in [6.45, 7) is 3.08. The molecule has 2 atom stereocenters. The van der Waals surface area contributed by atoms with Crippen molar-refractivity contribution < 1.29 is 9.53 Å². The number of amides is 1. The smallest absolute Gasteiger partial charge is 0.224 e. The van der Waals surface area contributed by atoms with Gasteiger partial charge < -0.3 is 19.9 Å². The number of benzene rings is 3. The number of likely N-dealkylation sites (tertiary alicyclic amines) is 1. The molecule has 188 valence electrons. The number of hydrogen-bond donors (Lipinski definition) is 1. The predicted octanol–water partition coefficient (Wildman–Crippen LogP) is 4.89. The highest BCUT2D eigenvalue weighted by atomic mass is 16.5.